The predicted octanol–water partition coefficient (Wildman–Crippen LogP) is 2.88. The van der Waals surface area contributed by atoms with Gasteiger partial charge in [0.05, 0.1) is 10.7 Å². The Kier molecular flexibility index (Phi) is 4.58. The SMILES string of the molecule is O=C(c1cccc(-n2cccn2)c1)N1CCN(c2ccc(Cl)cn2)CC1. The van der Waals surface area contributed by atoms with Gasteiger partial charge < -0.3 is 9.80 Å². The highest BCUT2D eigenvalue weighted by molar-refractivity contribution is 6.30. The second kappa shape index (κ2) is 7.17. The lowest BCUT2D eigenvalue weighted by atomic mass is 10.1. The number of hydrogen-bond donors (Lipinski definition) is 0. The monoisotopic (exact) mass is 367 g/mol. The topological polar surface area (TPSA) is 54.3 Å². The highest BCUT2D eigenvalue weighted by Crippen LogP contribution is 2.18. The zero-order chi connectivity index (χ0) is 17.9. The molecule has 0 radical (unpaired) electrons. The maximum atomic E-state index is 12.9. The number of benzene rings is 1. The van der Waals surface area contributed by atoms with Gasteiger partial charge in [0.2, 0.25) is 0 Å². The second-order valence-electron chi connectivity index (χ2n) is 6.11. The first-order valence-corrected chi connectivity index (χ1v) is 8.84. The van der Waals surface area contributed by atoms with E-state index in [2.05, 4.69) is 15.0 Å². The zero-order valence-electron chi connectivity index (χ0n) is 14.1. The fourth-order valence-electron chi connectivity index (χ4n) is 3.08. The van der Waals surface area contributed by atoms with Gasteiger partial charge in [0.1, 0.15) is 5.82 Å². The molecule has 2 aromatic heterocycles. The van der Waals surface area contributed by atoms with Crippen molar-refractivity contribution >= 4 is 23.3 Å². The number of pyridine rings is 1. The van der Waals surface area contributed by atoms with E-state index in [1.807, 2.05) is 53.6 Å². The summed E-state index contributed by atoms with van der Waals surface area (Å²) in [5.41, 5.74) is 1.56. The summed E-state index contributed by atoms with van der Waals surface area (Å²) in [6, 6.07) is 13.2. The Balaban J connectivity index is 1.44. The van der Waals surface area contributed by atoms with E-state index in [4.69, 9.17) is 11.6 Å². The van der Waals surface area contributed by atoms with Crippen LogP contribution in [0.15, 0.2) is 61.1 Å². The van der Waals surface area contributed by atoms with E-state index in [9.17, 15) is 4.79 Å². The van der Waals surface area contributed by atoms with E-state index >= 15 is 0 Å². The third-order valence-corrected chi connectivity index (χ3v) is 4.69. The number of carbonyl (C=O) groups excluding carboxylic acids is 1. The summed E-state index contributed by atoms with van der Waals surface area (Å²) in [7, 11) is 0. The molecule has 4 rings (SSSR count). The lowest BCUT2D eigenvalue weighted by Gasteiger charge is -2.35. The van der Waals surface area contributed by atoms with Crippen molar-refractivity contribution in [3.63, 3.8) is 0 Å². The molecule has 0 spiro atoms. The minimum Gasteiger partial charge on any atom is -0.353 e. The number of aromatic nitrogens is 3. The smallest absolute Gasteiger partial charge is 0.254 e. The van der Waals surface area contributed by atoms with Gasteiger partial charge in [-0.1, -0.05) is 17.7 Å². The minimum absolute atomic E-state index is 0.0442. The summed E-state index contributed by atoms with van der Waals surface area (Å²) in [5.74, 6) is 0.935. The largest absolute Gasteiger partial charge is 0.353 e. The summed E-state index contributed by atoms with van der Waals surface area (Å²) in [6.07, 6.45) is 5.23. The van der Waals surface area contributed by atoms with Crippen LogP contribution in [-0.4, -0.2) is 51.8 Å². The Bertz CT molecular complexity index is 887. The Hall–Kier alpha value is -2.86. The van der Waals surface area contributed by atoms with Crippen LogP contribution in [0.25, 0.3) is 5.69 Å². The van der Waals surface area contributed by atoms with Gasteiger partial charge in [-0.15, -0.1) is 0 Å². The molecule has 0 bridgehead atoms. The standard InChI is InChI=1S/C19H18ClN5O/c20-16-5-6-18(21-14-16)23-9-11-24(12-10-23)19(26)15-3-1-4-17(13-15)25-8-2-7-22-25/h1-8,13-14H,9-12H2. The Morgan fingerprint density at radius 1 is 1.04 bits per heavy atom. The number of halogens is 1. The molecule has 1 fully saturated rings. The fraction of sp³-hybridized carbons (Fsp3) is 0.211. The predicted molar refractivity (Wildman–Crippen MR) is 101 cm³/mol. The lowest BCUT2D eigenvalue weighted by Crippen LogP contribution is -2.49. The van der Waals surface area contributed by atoms with E-state index < -0.39 is 0 Å². The van der Waals surface area contributed by atoms with Crippen molar-refractivity contribution in [2.45, 2.75) is 0 Å². The molecular formula is C19H18ClN5O. The molecule has 1 aliphatic rings. The Morgan fingerprint density at radius 3 is 2.58 bits per heavy atom. The first kappa shape index (κ1) is 16.6. The molecule has 1 amide bonds. The molecule has 26 heavy (non-hydrogen) atoms. The molecule has 1 saturated heterocycles. The van der Waals surface area contributed by atoms with Crippen molar-refractivity contribution in [2.75, 3.05) is 31.1 Å². The van der Waals surface area contributed by atoms with E-state index in [-0.39, 0.29) is 5.91 Å². The van der Waals surface area contributed by atoms with Gasteiger partial charge in [0.15, 0.2) is 0 Å². The van der Waals surface area contributed by atoms with Crippen LogP contribution in [0, 0.1) is 0 Å². The summed E-state index contributed by atoms with van der Waals surface area (Å²) in [6.45, 7) is 2.82. The molecule has 1 aromatic carbocycles. The van der Waals surface area contributed by atoms with Crippen LogP contribution in [0.5, 0.6) is 0 Å². The first-order valence-electron chi connectivity index (χ1n) is 8.46. The average molecular weight is 368 g/mol. The van der Waals surface area contributed by atoms with E-state index in [0.29, 0.717) is 23.7 Å². The fourth-order valence-corrected chi connectivity index (χ4v) is 3.19. The molecule has 3 aromatic rings. The molecule has 3 heterocycles. The van der Waals surface area contributed by atoms with Gasteiger partial charge >= 0.3 is 0 Å². The Labute approximate surface area is 156 Å². The minimum atomic E-state index is 0.0442. The number of hydrogen-bond acceptors (Lipinski definition) is 4. The summed E-state index contributed by atoms with van der Waals surface area (Å²) >= 11 is 5.89. The summed E-state index contributed by atoms with van der Waals surface area (Å²) in [5, 5.41) is 4.84. The van der Waals surface area contributed by atoms with E-state index in [1.165, 1.54) is 0 Å². The first-order chi connectivity index (χ1) is 12.7. The van der Waals surface area contributed by atoms with Crippen molar-refractivity contribution < 1.29 is 4.79 Å². The molecule has 0 N–H and O–H groups in total. The van der Waals surface area contributed by atoms with Crippen LogP contribution in [0.4, 0.5) is 5.82 Å². The number of anilines is 1. The molecule has 0 unspecified atom stereocenters. The Morgan fingerprint density at radius 2 is 1.88 bits per heavy atom. The van der Waals surface area contributed by atoms with Crippen molar-refractivity contribution in [3.05, 3.63) is 71.6 Å². The summed E-state index contributed by atoms with van der Waals surface area (Å²) in [4.78, 5) is 21.3. The van der Waals surface area contributed by atoms with E-state index in [1.54, 1.807) is 17.1 Å². The molecule has 0 atom stereocenters. The quantitative estimate of drug-likeness (QED) is 0.714. The summed E-state index contributed by atoms with van der Waals surface area (Å²) < 4.78 is 1.75. The molecule has 1 aliphatic heterocycles. The van der Waals surface area contributed by atoms with Gasteiger partial charge in [-0.2, -0.15) is 5.10 Å². The third kappa shape index (κ3) is 3.41. The molecule has 7 heteroatoms. The van der Waals surface area contributed by atoms with Crippen molar-refractivity contribution in [2.24, 2.45) is 0 Å². The van der Waals surface area contributed by atoms with Gasteiger partial charge in [-0.3, -0.25) is 4.79 Å². The van der Waals surface area contributed by atoms with Crippen molar-refractivity contribution in [1.82, 2.24) is 19.7 Å². The van der Waals surface area contributed by atoms with Gasteiger partial charge in [-0.05, 0) is 36.4 Å². The zero-order valence-corrected chi connectivity index (χ0v) is 14.9. The van der Waals surface area contributed by atoms with Crippen LogP contribution in [0.3, 0.4) is 0 Å². The molecule has 0 saturated carbocycles. The average Bonchev–Trinajstić information content (AvgIpc) is 3.23. The normalized spacial score (nSPS) is 14.5. The number of nitrogens with zero attached hydrogens (tertiary/aromatic N) is 5. The number of rotatable bonds is 3. The van der Waals surface area contributed by atoms with Crippen LogP contribution in [0.2, 0.25) is 5.02 Å². The van der Waals surface area contributed by atoms with Gasteiger partial charge in [0, 0.05) is 50.3 Å². The second-order valence-corrected chi connectivity index (χ2v) is 6.55. The molecular weight excluding hydrogens is 350 g/mol. The molecule has 0 aliphatic carbocycles. The van der Waals surface area contributed by atoms with Crippen LogP contribution >= 0.6 is 11.6 Å². The van der Waals surface area contributed by atoms with Crippen LogP contribution in [-0.2, 0) is 0 Å². The lowest BCUT2D eigenvalue weighted by molar-refractivity contribution is 0.0746. The van der Waals surface area contributed by atoms with Crippen molar-refractivity contribution in [3.8, 4) is 5.69 Å². The highest BCUT2D eigenvalue weighted by atomic mass is 35.5. The number of carbonyl (C=O) groups is 1. The van der Waals surface area contributed by atoms with Gasteiger partial charge in [0.25, 0.3) is 5.91 Å². The molecule has 132 valence electrons. The third-order valence-electron chi connectivity index (χ3n) is 4.46. The van der Waals surface area contributed by atoms with Crippen molar-refractivity contribution in [1.29, 1.82) is 0 Å². The van der Waals surface area contributed by atoms with E-state index in [0.717, 1.165) is 24.6 Å². The molecule has 6 nitrogen and oxygen atoms in total. The maximum absolute atomic E-state index is 12.9. The number of amides is 1. The van der Waals surface area contributed by atoms with Gasteiger partial charge in [-0.25, -0.2) is 9.67 Å². The maximum Gasteiger partial charge on any atom is 0.254 e. The highest BCUT2D eigenvalue weighted by Gasteiger charge is 2.23. The van der Waals surface area contributed by atoms with Crippen LogP contribution < -0.4 is 4.90 Å². The van der Waals surface area contributed by atoms with Crippen LogP contribution in [0.1, 0.15) is 10.4 Å². The number of piperazine rings is 1.